The summed E-state index contributed by atoms with van der Waals surface area (Å²) in [5.41, 5.74) is 0.430. The van der Waals surface area contributed by atoms with Crippen LogP contribution in [0.1, 0.15) is 0 Å². The molecule has 10 heteroatoms. The number of nitrogens with zero attached hydrogens (tertiary/aromatic N) is 3. The summed E-state index contributed by atoms with van der Waals surface area (Å²) < 4.78 is 31.9. The van der Waals surface area contributed by atoms with Crippen molar-refractivity contribution < 1.29 is 17.9 Å². The number of benzene rings is 1. The lowest BCUT2D eigenvalue weighted by Gasteiger charge is -2.26. The van der Waals surface area contributed by atoms with Gasteiger partial charge >= 0.3 is 0 Å². The molecule has 1 aromatic heterocycles. The Hall–Kier alpha value is -2.01. The molecule has 1 saturated heterocycles. The van der Waals surface area contributed by atoms with E-state index in [0.717, 1.165) is 0 Å². The topological polar surface area (TPSA) is 101 Å². The van der Waals surface area contributed by atoms with Crippen molar-refractivity contribution in [1.29, 1.82) is 0 Å². The van der Waals surface area contributed by atoms with Gasteiger partial charge in [0, 0.05) is 31.2 Å². The number of hydrogen-bond acceptors (Lipinski definition) is 7. The minimum Gasteiger partial charge on any atom is -0.379 e. The van der Waals surface area contributed by atoms with Gasteiger partial charge in [0.05, 0.1) is 23.9 Å². The van der Waals surface area contributed by atoms with E-state index in [0.29, 0.717) is 37.1 Å². The van der Waals surface area contributed by atoms with E-state index in [1.807, 2.05) is 0 Å². The van der Waals surface area contributed by atoms with Crippen molar-refractivity contribution in [3.63, 3.8) is 0 Å². The standard InChI is InChI=1S/C16H18N4O4S2/c21-15(12-25-16-17-5-2-6-18-16)19-13-3-1-4-14(11-13)26(22,23)20-7-9-24-10-8-20/h1-6,11H,7-10,12H2,(H,19,21). The number of carbonyl (C=O) groups is 1. The van der Waals surface area contributed by atoms with Crippen molar-refractivity contribution in [3.05, 3.63) is 42.7 Å². The molecule has 0 atom stereocenters. The van der Waals surface area contributed by atoms with Gasteiger partial charge in [0.15, 0.2) is 5.16 Å². The molecule has 2 heterocycles. The summed E-state index contributed by atoms with van der Waals surface area (Å²) in [5.74, 6) is -0.131. The van der Waals surface area contributed by atoms with Gasteiger partial charge in [-0.2, -0.15) is 4.31 Å². The summed E-state index contributed by atoms with van der Waals surface area (Å²) >= 11 is 1.21. The van der Waals surface area contributed by atoms with Crippen LogP contribution in [0, 0.1) is 0 Å². The van der Waals surface area contributed by atoms with Gasteiger partial charge in [-0.3, -0.25) is 4.79 Å². The molecule has 1 aliphatic heterocycles. The molecule has 8 nitrogen and oxygen atoms in total. The van der Waals surface area contributed by atoms with Crippen molar-refractivity contribution in [2.24, 2.45) is 0 Å². The molecule has 0 saturated carbocycles. The monoisotopic (exact) mass is 394 g/mol. The summed E-state index contributed by atoms with van der Waals surface area (Å²) in [5, 5.41) is 3.21. The molecule has 1 amide bonds. The Kier molecular flexibility index (Phi) is 6.20. The number of morpholine rings is 1. The van der Waals surface area contributed by atoms with E-state index >= 15 is 0 Å². The quantitative estimate of drug-likeness (QED) is 0.581. The lowest BCUT2D eigenvalue weighted by atomic mass is 10.3. The van der Waals surface area contributed by atoms with Gasteiger partial charge < -0.3 is 10.1 Å². The fourth-order valence-corrected chi connectivity index (χ4v) is 4.41. The van der Waals surface area contributed by atoms with Crippen LogP contribution in [0.4, 0.5) is 5.69 Å². The minimum atomic E-state index is -3.60. The number of sulfonamides is 1. The second-order valence-corrected chi connectivity index (χ2v) is 8.29. The Morgan fingerprint density at radius 2 is 1.92 bits per heavy atom. The van der Waals surface area contributed by atoms with Gasteiger partial charge in [-0.15, -0.1) is 0 Å². The molecule has 1 aromatic carbocycles. The first kappa shape index (κ1) is 18.8. The number of rotatable bonds is 6. The van der Waals surface area contributed by atoms with Crippen molar-refractivity contribution in [1.82, 2.24) is 14.3 Å². The number of ether oxygens (including phenoxy) is 1. The third-order valence-electron chi connectivity index (χ3n) is 3.60. The highest BCUT2D eigenvalue weighted by Gasteiger charge is 2.26. The number of anilines is 1. The van der Waals surface area contributed by atoms with Gasteiger partial charge in [-0.05, 0) is 24.3 Å². The summed E-state index contributed by atoms with van der Waals surface area (Å²) in [6, 6.07) is 7.94. The molecule has 1 N–H and O–H groups in total. The Labute approximate surface area is 156 Å². The van der Waals surface area contributed by atoms with Crippen LogP contribution in [0.2, 0.25) is 0 Å². The zero-order chi connectivity index (χ0) is 18.4. The van der Waals surface area contributed by atoms with E-state index in [4.69, 9.17) is 4.74 Å². The first-order chi connectivity index (χ1) is 12.6. The van der Waals surface area contributed by atoms with Crippen LogP contribution in [-0.2, 0) is 19.6 Å². The van der Waals surface area contributed by atoms with Crippen LogP contribution in [0.5, 0.6) is 0 Å². The molecule has 0 radical (unpaired) electrons. The van der Waals surface area contributed by atoms with E-state index in [9.17, 15) is 13.2 Å². The van der Waals surface area contributed by atoms with Gasteiger partial charge in [0.25, 0.3) is 0 Å². The number of amides is 1. The first-order valence-corrected chi connectivity index (χ1v) is 10.4. The summed E-state index contributed by atoms with van der Waals surface area (Å²) in [6.45, 7) is 1.42. The number of hydrogen-bond donors (Lipinski definition) is 1. The lowest BCUT2D eigenvalue weighted by Crippen LogP contribution is -2.40. The number of thioether (sulfide) groups is 1. The predicted molar refractivity (Wildman–Crippen MR) is 97.4 cm³/mol. The average molecular weight is 394 g/mol. The van der Waals surface area contributed by atoms with Gasteiger partial charge in [-0.1, -0.05) is 17.8 Å². The Balaban J connectivity index is 1.64. The molecule has 0 aliphatic carbocycles. The second-order valence-electron chi connectivity index (χ2n) is 5.41. The maximum atomic E-state index is 12.7. The highest BCUT2D eigenvalue weighted by Crippen LogP contribution is 2.21. The fourth-order valence-electron chi connectivity index (χ4n) is 2.36. The second kappa shape index (κ2) is 8.58. The first-order valence-electron chi connectivity index (χ1n) is 7.93. The normalized spacial score (nSPS) is 15.5. The van der Waals surface area contributed by atoms with E-state index < -0.39 is 10.0 Å². The smallest absolute Gasteiger partial charge is 0.243 e. The Bertz CT molecular complexity index is 856. The molecular formula is C16H18N4O4S2. The molecule has 0 spiro atoms. The molecule has 26 heavy (non-hydrogen) atoms. The SMILES string of the molecule is O=C(CSc1ncccn1)Nc1cccc(S(=O)(=O)N2CCOCC2)c1. The van der Waals surface area contributed by atoms with Gasteiger partial charge in [0.2, 0.25) is 15.9 Å². The minimum absolute atomic E-state index is 0.129. The highest BCUT2D eigenvalue weighted by atomic mass is 32.2. The average Bonchev–Trinajstić information content (AvgIpc) is 2.68. The molecule has 0 bridgehead atoms. The third kappa shape index (κ3) is 4.79. The molecule has 0 unspecified atom stereocenters. The van der Waals surface area contributed by atoms with E-state index in [2.05, 4.69) is 15.3 Å². The molecule has 1 fully saturated rings. The highest BCUT2D eigenvalue weighted by molar-refractivity contribution is 7.99. The molecule has 2 aromatic rings. The summed E-state index contributed by atoms with van der Waals surface area (Å²) in [4.78, 5) is 20.3. The van der Waals surface area contributed by atoms with Crippen molar-refractivity contribution in [2.75, 3.05) is 37.4 Å². The van der Waals surface area contributed by atoms with Gasteiger partial charge in [0.1, 0.15) is 0 Å². The maximum Gasteiger partial charge on any atom is 0.243 e. The van der Waals surface area contributed by atoms with Crippen molar-refractivity contribution in [3.8, 4) is 0 Å². The van der Waals surface area contributed by atoms with Crippen LogP contribution >= 0.6 is 11.8 Å². The van der Waals surface area contributed by atoms with Crippen molar-refractivity contribution in [2.45, 2.75) is 10.1 Å². The predicted octanol–water partition coefficient (Wildman–Crippen LogP) is 1.23. The Morgan fingerprint density at radius 1 is 1.19 bits per heavy atom. The number of carbonyl (C=O) groups excluding carboxylic acids is 1. The summed E-state index contributed by atoms with van der Waals surface area (Å²) in [7, 11) is -3.60. The summed E-state index contributed by atoms with van der Waals surface area (Å²) in [6.07, 6.45) is 3.21. The van der Waals surface area contributed by atoms with Crippen molar-refractivity contribution >= 4 is 33.4 Å². The molecule has 1 aliphatic rings. The Morgan fingerprint density at radius 3 is 2.65 bits per heavy atom. The van der Waals surface area contributed by atoms with Gasteiger partial charge in [-0.25, -0.2) is 18.4 Å². The molecule has 138 valence electrons. The van der Waals surface area contributed by atoms with E-state index in [1.54, 1.807) is 30.6 Å². The number of aromatic nitrogens is 2. The van der Waals surface area contributed by atoms with Crippen LogP contribution in [-0.4, -0.2) is 60.7 Å². The largest absolute Gasteiger partial charge is 0.379 e. The number of nitrogens with one attached hydrogen (secondary N) is 1. The van der Waals surface area contributed by atoms with Crippen LogP contribution in [0.15, 0.2) is 52.8 Å². The van der Waals surface area contributed by atoms with E-state index in [1.165, 1.54) is 28.2 Å². The maximum absolute atomic E-state index is 12.7. The van der Waals surface area contributed by atoms with E-state index in [-0.39, 0.29) is 16.6 Å². The third-order valence-corrected chi connectivity index (χ3v) is 6.37. The van der Waals surface area contributed by atoms with Crippen LogP contribution < -0.4 is 5.32 Å². The van der Waals surface area contributed by atoms with Crippen LogP contribution in [0.3, 0.4) is 0 Å². The zero-order valence-corrected chi connectivity index (χ0v) is 15.5. The zero-order valence-electron chi connectivity index (χ0n) is 13.9. The fraction of sp³-hybridized carbons (Fsp3) is 0.312. The lowest BCUT2D eigenvalue weighted by molar-refractivity contribution is -0.113. The molecular weight excluding hydrogens is 376 g/mol. The van der Waals surface area contributed by atoms with Crippen LogP contribution in [0.25, 0.3) is 0 Å². The molecule has 3 rings (SSSR count).